The van der Waals surface area contributed by atoms with Crippen LogP contribution < -0.4 is 4.74 Å². The molecule has 0 spiro atoms. The van der Waals surface area contributed by atoms with Crippen molar-refractivity contribution in [2.45, 2.75) is 0 Å². The van der Waals surface area contributed by atoms with Gasteiger partial charge in [0.1, 0.15) is 17.6 Å². The van der Waals surface area contributed by atoms with Crippen LogP contribution in [0.5, 0.6) is 11.5 Å². The number of rotatable bonds is 2. The Morgan fingerprint density at radius 3 is 2.88 bits per heavy atom. The molecule has 0 radical (unpaired) electrons. The average molecular weight is 293 g/mol. The lowest BCUT2D eigenvalue weighted by Gasteiger charge is -2.06. The van der Waals surface area contributed by atoms with Crippen LogP contribution in [0.2, 0.25) is 0 Å². The van der Waals surface area contributed by atoms with Crippen LogP contribution in [0, 0.1) is 17.1 Å². The first-order chi connectivity index (χ1) is 8.19. The number of aromatic nitrogens is 1. The number of nitrogens with zero attached hydrogens (tertiary/aromatic N) is 2. The highest BCUT2D eigenvalue weighted by atomic mass is 79.9. The smallest absolute Gasteiger partial charge is 0.183 e. The number of hydrogen-bond donors (Lipinski definition) is 0. The van der Waals surface area contributed by atoms with Crippen molar-refractivity contribution >= 4 is 15.9 Å². The number of hydrogen-bond acceptors (Lipinski definition) is 3. The van der Waals surface area contributed by atoms with Gasteiger partial charge in [0, 0.05) is 16.7 Å². The fourth-order valence-electron chi connectivity index (χ4n) is 1.27. The summed E-state index contributed by atoms with van der Waals surface area (Å²) in [5.41, 5.74) is 0.160. The van der Waals surface area contributed by atoms with Gasteiger partial charge in [0.25, 0.3) is 0 Å². The first-order valence-electron chi connectivity index (χ1n) is 4.68. The summed E-state index contributed by atoms with van der Waals surface area (Å²) in [6, 6.07) is 9.31. The average Bonchev–Trinajstić information content (AvgIpc) is 2.28. The molecule has 0 bridgehead atoms. The van der Waals surface area contributed by atoms with E-state index in [-0.39, 0.29) is 5.69 Å². The summed E-state index contributed by atoms with van der Waals surface area (Å²) >= 11 is 3.16. The van der Waals surface area contributed by atoms with Gasteiger partial charge in [-0.05, 0) is 24.3 Å². The van der Waals surface area contributed by atoms with Crippen LogP contribution in [0.4, 0.5) is 4.39 Å². The molecule has 0 saturated heterocycles. The molecule has 0 fully saturated rings. The van der Waals surface area contributed by atoms with Crippen molar-refractivity contribution in [1.29, 1.82) is 5.26 Å². The van der Waals surface area contributed by atoms with Crippen molar-refractivity contribution in [2.24, 2.45) is 0 Å². The van der Waals surface area contributed by atoms with Gasteiger partial charge in [-0.1, -0.05) is 15.9 Å². The first-order valence-corrected chi connectivity index (χ1v) is 5.47. The largest absolute Gasteiger partial charge is 0.454 e. The summed E-state index contributed by atoms with van der Waals surface area (Å²) in [7, 11) is 0. The van der Waals surface area contributed by atoms with Crippen LogP contribution in [-0.2, 0) is 0 Å². The Kier molecular flexibility index (Phi) is 3.35. The number of halogens is 2. The lowest BCUT2D eigenvalue weighted by atomic mass is 10.3. The summed E-state index contributed by atoms with van der Waals surface area (Å²) < 4.78 is 19.1. The minimum absolute atomic E-state index is 0.160. The van der Waals surface area contributed by atoms with Gasteiger partial charge in [-0.25, -0.2) is 9.37 Å². The van der Waals surface area contributed by atoms with Crippen LogP contribution >= 0.6 is 15.9 Å². The summed E-state index contributed by atoms with van der Waals surface area (Å²) in [6.07, 6.45) is 1.49. The first kappa shape index (κ1) is 11.6. The number of benzene rings is 1. The highest BCUT2D eigenvalue weighted by molar-refractivity contribution is 9.10. The Bertz CT molecular complexity index is 575. The summed E-state index contributed by atoms with van der Waals surface area (Å²) in [4.78, 5) is 3.85. The molecule has 0 aliphatic carbocycles. The molecule has 1 aromatic carbocycles. The molecule has 2 aromatic rings. The van der Waals surface area contributed by atoms with Gasteiger partial charge in [0.05, 0.1) is 0 Å². The van der Waals surface area contributed by atoms with Crippen molar-refractivity contribution in [3.8, 4) is 17.6 Å². The van der Waals surface area contributed by atoms with E-state index in [4.69, 9.17) is 10.00 Å². The molecule has 0 aliphatic rings. The van der Waals surface area contributed by atoms with E-state index < -0.39 is 5.82 Å². The third-order valence-corrected chi connectivity index (χ3v) is 2.40. The molecule has 0 N–H and O–H groups in total. The van der Waals surface area contributed by atoms with E-state index in [2.05, 4.69) is 20.9 Å². The minimum atomic E-state index is -0.420. The summed E-state index contributed by atoms with van der Waals surface area (Å²) in [6.45, 7) is 0. The molecule has 1 aromatic heterocycles. The highest BCUT2D eigenvalue weighted by Gasteiger charge is 2.06. The van der Waals surface area contributed by atoms with Gasteiger partial charge >= 0.3 is 0 Å². The van der Waals surface area contributed by atoms with E-state index >= 15 is 0 Å². The molecule has 2 rings (SSSR count). The zero-order chi connectivity index (χ0) is 12.3. The molecule has 0 unspecified atom stereocenters. The maximum absolute atomic E-state index is 13.1. The third-order valence-electron chi connectivity index (χ3n) is 1.94. The van der Waals surface area contributed by atoms with Crippen molar-refractivity contribution in [2.75, 3.05) is 0 Å². The predicted molar refractivity (Wildman–Crippen MR) is 63.1 cm³/mol. The van der Waals surface area contributed by atoms with Crippen molar-refractivity contribution in [3.63, 3.8) is 0 Å². The number of ether oxygens (including phenoxy) is 1. The lowest BCUT2D eigenvalue weighted by molar-refractivity contribution is 0.472. The normalized spacial score (nSPS) is 9.71. The van der Waals surface area contributed by atoms with Crippen LogP contribution in [0.3, 0.4) is 0 Å². The van der Waals surface area contributed by atoms with Gasteiger partial charge in [0.15, 0.2) is 11.4 Å². The van der Waals surface area contributed by atoms with E-state index in [9.17, 15) is 4.39 Å². The molecule has 0 aliphatic heterocycles. The molecular weight excluding hydrogens is 287 g/mol. The van der Waals surface area contributed by atoms with E-state index in [1.54, 1.807) is 18.2 Å². The summed E-state index contributed by atoms with van der Waals surface area (Å²) in [5.74, 6) is 0.186. The summed E-state index contributed by atoms with van der Waals surface area (Å²) in [5, 5.41) is 8.83. The molecule has 3 nitrogen and oxygen atoms in total. The Balaban J connectivity index is 2.35. The van der Waals surface area contributed by atoms with Crippen molar-refractivity contribution < 1.29 is 9.13 Å². The predicted octanol–water partition coefficient (Wildman–Crippen LogP) is 3.65. The topological polar surface area (TPSA) is 45.9 Å². The van der Waals surface area contributed by atoms with Crippen LogP contribution in [0.15, 0.2) is 41.0 Å². The van der Waals surface area contributed by atoms with E-state index in [1.165, 1.54) is 18.3 Å². The van der Waals surface area contributed by atoms with Gasteiger partial charge in [-0.2, -0.15) is 5.26 Å². The quantitative estimate of drug-likeness (QED) is 0.849. The fourth-order valence-corrected chi connectivity index (χ4v) is 1.72. The maximum Gasteiger partial charge on any atom is 0.183 e. The van der Waals surface area contributed by atoms with Crippen LogP contribution in [0.25, 0.3) is 0 Å². The zero-order valence-corrected chi connectivity index (χ0v) is 10.1. The van der Waals surface area contributed by atoms with Gasteiger partial charge < -0.3 is 4.74 Å². The number of nitriles is 1. The SMILES string of the molecule is N#Cc1ncccc1Oc1cc(F)cc(Br)c1. The minimum Gasteiger partial charge on any atom is -0.454 e. The second-order valence-corrected chi connectivity index (χ2v) is 4.08. The molecule has 5 heteroatoms. The second-order valence-electron chi connectivity index (χ2n) is 3.17. The van der Waals surface area contributed by atoms with Crippen molar-refractivity contribution in [3.05, 3.63) is 52.5 Å². The Labute approximate surface area is 106 Å². The highest BCUT2D eigenvalue weighted by Crippen LogP contribution is 2.27. The molecule has 84 valence electrons. The Morgan fingerprint density at radius 1 is 1.35 bits per heavy atom. The molecule has 0 atom stereocenters. The third kappa shape index (κ3) is 2.80. The van der Waals surface area contributed by atoms with Gasteiger partial charge in [0.2, 0.25) is 0 Å². The monoisotopic (exact) mass is 292 g/mol. The molecule has 17 heavy (non-hydrogen) atoms. The lowest BCUT2D eigenvalue weighted by Crippen LogP contribution is -1.91. The zero-order valence-electron chi connectivity index (χ0n) is 8.52. The van der Waals surface area contributed by atoms with Crippen LogP contribution in [-0.4, -0.2) is 4.98 Å². The van der Waals surface area contributed by atoms with Gasteiger partial charge in [-0.15, -0.1) is 0 Å². The maximum atomic E-state index is 13.1. The number of pyridine rings is 1. The van der Waals surface area contributed by atoms with Crippen LogP contribution in [0.1, 0.15) is 5.69 Å². The molecule has 1 heterocycles. The molecule has 0 amide bonds. The standard InChI is InChI=1S/C12H6BrFN2O/c13-8-4-9(14)6-10(5-8)17-12-2-1-3-16-11(12)7-15/h1-6H. The Morgan fingerprint density at radius 2 is 2.18 bits per heavy atom. The Hall–Kier alpha value is -1.93. The van der Waals surface area contributed by atoms with Gasteiger partial charge in [-0.3, -0.25) is 0 Å². The van der Waals surface area contributed by atoms with E-state index in [1.807, 2.05) is 6.07 Å². The van der Waals surface area contributed by atoms with E-state index in [0.29, 0.717) is 16.0 Å². The second kappa shape index (κ2) is 4.93. The fraction of sp³-hybridized carbons (Fsp3) is 0. The molecular formula is C12H6BrFN2O. The van der Waals surface area contributed by atoms with Crippen molar-refractivity contribution in [1.82, 2.24) is 4.98 Å². The molecule has 0 saturated carbocycles. The van der Waals surface area contributed by atoms with E-state index in [0.717, 1.165) is 0 Å².